The highest BCUT2D eigenvalue weighted by Crippen LogP contribution is 2.15. The van der Waals surface area contributed by atoms with Crippen molar-refractivity contribution in [2.75, 3.05) is 18.5 Å². The highest BCUT2D eigenvalue weighted by atomic mass is 35.5. The van der Waals surface area contributed by atoms with Crippen LogP contribution in [0.2, 0.25) is 0 Å². The molecule has 6 nitrogen and oxygen atoms in total. The predicted octanol–water partition coefficient (Wildman–Crippen LogP) is 1.70. The van der Waals surface area contributed by atoms with E-state index in [1.54, 1.807) is 30.8 Å². The second-order valence-corrected chi connectivity index (χ2v) is 4.99. The number of ether oxygens (including phenoxy) is 1. The van der Waals surface area contributed by atoms with Gasteiger partial charge < -0.3 is 19.9 Å². The number of hydrogen-bond acceptors (Lipinski definition) is 4. The van der Waals surface area contributed by atoms with Gasteiger partial charge in [-0.2, -0.15) is 0 Å². The maximum absolute atomic E-state index is 11.9. The van der Waals surface area contributed by atoms with Crippen molar-refractivity contribution in [2.24, 2.45) is 7.05 Å². The van der Waals surface area contributed by atoms with Crippen molar-refractivity contribution in [3.05, 3.63) is 18.0 Å². The number of esters is 1. The van der Waals surface area contributed by atoms with Gasteiger partial charge in [0.25, 0.3) is 0 Å². The number of rotatable bonds is 5. The molecule has 1 amide bonds. The number of aryl methyl sites for hydroxylation is 1. The van der Waals surface area contributed by atoms with Crippen molar-refractivity contribution in [2.45, 2.75) is 32.2 Å². The first-order chi connectivity index (χ1) is 9.60. The summed E-state index contributed by atoms with van der Waals surface area (Å²) in [5.74, 6) is -0.418. The van der Waals surface area contributed by atoms with E-state index in [0.29, 0.717) is 24.4 Å². The minimum atomic E-state index is -0.382. The Morgan fingerprint density at radius 3 is 2.90 bits per heavy atom. The average molecular weight is 316 g/mol. The van der Waals surface area contributed by atoms with Gasteiger partial charge in [0.2, 0.25) is 5.91 Å². The smallest absolute Gasteiger partial charge is 0.355 e. The molecule has 0 spiro atoms. The van der Waals surface area contributed by atoms with Gasteiger partial charge in [-0.15, -0.1) is 12.4 Å². The summed E-state index contributed by atoms with van der Waals surface area (Å²) in [5.41, 5.74) is 1.06. The molecule has 1 aliphatic rings. The Balaban J connectivity index is 0.00000220. The van der Waals surface area contributed by atoms with Crippen LogP contribution in [-0.4, -0.2) is 35.6 Å². The van der Waals surface area contributed by atoms with E-state index in [1.165, 1.54) is 0 Å². The van der Waals surface area contributed by atoms with E-state index < -0.39 is 0 Å². The van der Waals surface area contributed by atoms with E-state index in [2.05, 4.69) is 10.6 Å². The van der Waals surface area contributed by atoms with Gasteiger partial charge >= 0.3 is 5.97 Å². The zero-order valence-electron chi connectivity index (χ0n) is 12.3. The second kappa shape index (κ2) is 8.05. The van der Waals surface area contributed by atoms with Crippen LogP contribution in [0.1, 0.15) is 36.7 Å². The van der Waals surface area contributed by atoms with Crippen LogP contribution in [0.3, 0.4) is 0 Å². The number of nitrogens with zero attached hydrogens (tertiary/aromatic N) is 1. The number of hydrogen-bond donors (Lipinski definition) is 2. The second-order valence-electron chi connectivity index (χ2n) is 4.99. The van der Waals surface area contributed by atoms with Crippen molar-refractivity contribution in [1.82, 2.24) is 9.88 Å². The normalized spacial score (nSPS) is 17.1. The molecule has 1 unspecified atom stereocenters. The lowest BCUT2D eigenvalue weighted by Gasteiger charge is -2.09. The summed E-state index contributed by atoms with van der Waals surface area (Å²) < 4.78 is 6.61. The zero-order chi connectivity index (χ0) is 14.5. The van der Waals surface area contributed by atoms with Gasteiger partial charge in [0.15, 0.2) is 0 Å². The molecule has 1 fully saturated rings. The maximum atomic E-state index is 11.9. The van der Waals surface area contributed by atoms with Crippen LogP contribution in [0.15, 0.2) is 12.3 Å². The van der Waals surface area contributed by atoms with Crippen molar-refractivity contribution in [1.29, 1.82) is 0 Å². The van der Waals surface area contributed by atoms with E-state index in [0.717, 1.165) is 19.4 Å². The van der Waals surface area contributed by atoms with Crippen LogP contribution in [0.25, 0.3) is 0 Å². The third kappa shape index (κ3) is 4.75. The molecule has 1 aliphatic heterocycles. The molecule has 21 heavy (non-hydrogen) atoms. The number of carbonyl (C=O) groups is 2. The number of amides is 1. The number of aromatic nitrogens is 1. The highest BCUT2D eigenvalue weighted by Gasteiger charge is 2.19. The molecule has 1 aromatic rings. The van der Waals surface area contributed by atoms with Crippen LogP contribution < -0.4 is 10.6 Å². The zero-order valence-corrected chi connectivity index (χ0v) is 13.2. The molecule has 0 aromatic carbocycles. The Hall–Kier alpha value is -1.53. The summed E-state index contributed by atoms with van der Waals surface area (Å²) >= 11 is 0. The number of halogens is 1. The summed E-state index contributed by atoms with van der Waals surface area (Å²) in [6, 6.07) is 1.90. The van der Waals surface area contributed by atoms with Gasteiger partial charge in [-0.25, -0.2) is 4.79 Å². The summed E-state index contributed by atoms with van der Waals surface area (Å²) in [5, 5.41) is 6.10. The lowest BCUT2D eigenvalue weighted by molar-refractivity contribution is -0.116. The van der Waals surface area contributed by atoms with E-state index in [9.17, 15) is 9.59 Å². The Morgan fingerprint density at radius 1 is 1.52 bits per heavy atom. The molecule has 0 bridgehead atoms. The fourth-order valence-electron chi connectivity index (χ4n) is 2.41. The van der Waals surface area contributed by atoms with Crippen LogP contribution in [0.4, 0.5) is 5.69 Å². The molecular formula is C14H22ClN3O3. The topological polar surface area (TPSA) is 72.4 Å². The minimum Gasteiger partial charge on any atom is -0.461 e. The van der Waals surface area contributed by atoms with Gasteiger partial charge in [-0.1, -0.05) is 0 Å². The first-order valence-electron chi connectivity index (χ1n) is 6.97. The van der Waals surface area contributed by atoms with Crippen LogP contribution >= 0.6 is 12.4 Å². The SMILES string of the molecule is CCOC(=O)c1cc(NC(=O)CC2CCCN2)cn1C.Cl. The lowest BCUT2D eigenvalue weighted by atomic mass is 10.1. The molecule has 2 heterocycles. The fourth-order valence-corrected chi connectivity index (χ4v) is 2.41. The number of nitrogens with one attached hydrogen (secondary N) is 2. The summed E-state index contributed by atoms with van der Waals surface area (Å²) in [6.45, 7) is 3.08. The number of anilines is 1. The first-order valence-corrected chi connectivity index (χ1v) is 6.97. The van der Waals surface area contributed by atoms with Crippen molar-refractivity contribution < 1.29 is 14.3 Å². The molecule has 0 radical (unpaired) electrons. The lowest BCUT2D eigenvalue weighted by Crippen LogP contribution is -2.27. The highest BCUT2D eigenvalue weighted by molar-refractivity contribution is 5.94. The first kappa shape index (κ1) is 17.5. The molecule has 1 saturated heterocycles. The van der Waals surface area contributed by atoms with Gasteiger partial charge in [0.1, 0.15) is 5.69 Å². The molecular weight excluding hydrogens is 294 g/mol. The molecule has 2 rings (SSSR count). The van der Waals surface area contributed by atoms with Crippen LogP contribution in [-0.2, 0) is 16.6 Å². The molecule has 0 aliphatic carbocycles. The standard InChI is InChI=1S/C14H21N3O3.ClH/c1-3-20-14(19)12-7-11(9-17(12)2)16-13(18)8-10-5-4-6-15-10;/h7,9-10,15H,3-6,8H2,1-2H3,(H,16,18);1H. The minimum absolute atomic E-state index is 0. The molecule has 118 valence electrons. The number of carbonyl (C=O) groups excluding carboxylic acids is 2. The molecule has 7 heteroatoms. The van der Waals surface area contributed by atoms with Crippen molar-refractivity contribution >= 4 is 30.0 Å². The van der Waals surface area contributed by atoms with E-state index >= 15 is 0 Å². The monoisotopic (exact) mass is 315 g/mol. The van der Waals surface area contributed by atoms with Crippen LogP contribution in [0, 0.1) is 0 Å². The summed E-state index contributed by atoms with van der Waals surface area (Å²) in [7, 11) is 1.75. The van der Waals surface area contributed by atoms with Gasteiger partial charge in [-0.05, 0) is 32.4 Å². The Labute approximate surface area is 130 Å². The van der Waals surface area contributed by atoms with Crippen molar-refractivity contribution in [3.63, 3.8) is 0 Å². The molecule has 2 N–H and O–H groups in total. The van der Waals surface area contributed by atoms with Crippen LogP contribution in [0.5, 0.6) is 0 Å². The van der Waals surface area contributed by atoms with E-state index in [1.807, 2.05) is 0 Å². The van der Waals surface area contributed by atoms with Crippen molar-refractivity contribution in [3.8, 4) is 0 Å². The Bertz CT molecular complexity index is 496. The third-order valence-corrected chi connectivity index (χ3v) is 3.37. The Kier molecular flexibility index (Phi) is 6.71. The fraction of sp³-hybridized carbons (Fsp3) is 0.571. The summed E-state index contributed by atoms with van der Waals surface area (Å²) in [4.78, 5) is 23.6. The van der Waals surface area contributed by atoms with Gasteiger partial charge in [0.05, 0.1) is 12.3 Å². The maximum Gasteiger partial charge on any atom is 0.355 e. The quantitative estimate of drug-likeness (QED) is 0.811. The molecule has 0 saturated carbocycles. The summed E-state index contributed by atoms with van der Waals surface area (Å²) in [6.07, 6.45) is 4.34. The van der Waals surface area contributed by atoms with Gasteiger partial charge in [-0.3, -0.25) is 4.79 Å². The molecule has 1 aromatic heterocycles. The Morgan fingerprint density at radius 2 is 2.29 bits per heavy atom. The molecule has 1 atom stereocenters. The average Bonchev–Trinajstić information content (AvgIpc) is 2.99. The predicted molar refractivity (Wildman–Crippen MR) is 82.9 cm³/mol. The third-order valence-electron chi connectivity index (χ3n) is 3.37. The van der Waals surface area contributed by atoms with E-state index in [-0.39, 0.29) is 30.3 Å². The van der Waals surface area contributed by atoms with E-state index in [4.69, 9.17) is 4.74 Å². The van der Waals surface area contributed by atoms with Gasteiger partial charge in [0, 0.05) is 25.7 Å². The largest absolute Gasteiger partial charge is 0.461 e.